The fraction of sp³-hybridized carbons (Fsp3) is 0.208. The molecule has 2 aromatic heterocycles. The Hall–Kier alpha value is -3.44. The summed E-state index contributed by atoms with van der Waals surface area (Å²) in [5, 5.41) is 12.9. The third kappa shape index (κ3) is 4.56. The van der Waals surface area contributed by atoms with Crippen LogP contribution < -0.4 is 0 Å². The van der Waals surface area contributed by atoms with Gasteiger partial charge in [0.25, 0.3) is 0 Å². The van der Waals surface area contributed by atoms with Crippen LogP contribution in [0.5, 0.6) is 0 Å². The second kappa shape index (κ2) is 9.90. The van der Waals surface area contributed by atoms with E-state index in [4.69, 9.17) is 21.1 Å². The minimum atomic E-state index is -4.68. The summed E-state index contributed by atoms with van der Waals surface area (Å²) in [6.07, 6.45) is -2.01. The van der Waals surface area contributed by atoms with E-state index in [9.17, 15) is 13.2 Å². The summed E-state index contributed by atoms with van der Waals surface area (Å²) in [7, 11) is 0. The van der Waals surface area contributed by atoms with Gasteiger partial charge in [0.1, 0.15) is 6.26 Å². The second-order valence-corrected chi connectivity index (χ2v) is 9.15. The van der Waals surface area contributed by atoms with Gasteiger partial charge in [0, 0.05) is 11.6 Å². The van der Waals surface area contributed by atoms with Gasteiger partial charge in [-0.15, -0.1) is 10.2 Å². The van der Waals surface area contributed by atoms with Gasteiger partial charge in [-0.25, -0.2) is 4.68 Å². The normalized spacial score (nSPS) is 14.3. The van der Waals surface area contributed by atoms with Gasteiger partial charge in [0.15, 0.2) is 22.4 Å². The Morgan fingerprint density at radius 2 is 1.83 bits per heavy atom. The first-order valence-corrected chi connectivity index (χ1v) is 12.1. The summed E-state index contributed by atoms with van der Waals surface area (Å²) in [4.78, 5) is 0. The predicted molar refractivity (Wildman–Crippen MR) is 128 cm³/mol. The van der Waals surface area contributed by atoms with E-state index in [1.807, 2.05) is 25.1 Å². The van der Waals surface area contributed by atoms with Gasteiger partial charge in [-0.05, 0) is 30.7 Å². The smallest absolute Gasteiger partial charge is 0.434 e. The van der Waals surface area contributed by atoms with E-state index in [1.165, 1.54) is 24.2 Å². The highest BCUT2D eigenvalue weighted by molar-refractivity contribution is 7.99. The molecule has 1 aliphatic rings. The van der Waals surface area contributed by atoms with Crippen molar-refractivity contribution in [2.45, 2.75) is 30.1 Å². The highest BCUT2D eigenvalue weighted by atomic mass is 35.5. The van der Waals surface area contributed by atoms with Crippen LogP contribution in [0.3, 0.4) is 0 Å². The number of hydrogen-bond donors (Lipinski definition) is 0. The number of para-hydroxylation sites is 1. The van der Waals surface area contributed by atoms with Crippen LogP contribution in [0.4, 0.5) is 13.2 Å². The van der Waals surface area contributed by atoms with E-state index in [0.717, 1.165) is 10.2 Å². The van der Waals surface area contributed by atoms with Crippen LogP contribution >= 0.6 is 23.4 Å². The molecular weight excluding hydrogens is 515 g/mol. The first-order chi connectivity index (χ1) is 17.4. The van der Waals surface area contributed by atoms with Gasteiger partial charge in [-0.1, -0.05) is 59.8 Å². The molecule has 1 unspecified atom stereocenters. The molecule has 186 valence electrons. The summed E-state index contributed by atoms with van der Waals surface area (Å²) in [6, 6.07) is 15.4. The number of thioether (sulfide) groups is 1. The first kappa shape index (κ1) is 24.3. The monoisotopic (exact) mass is 533 g/mol. The molecule has 4 aromatic rings. The number of halogens is 4. The van der Waals surface area contributed by atoms with Crippen molar-refractivity contribution >= 4 is 23.4 Å². The average molecular weight is 534 g/mol. The highest BCUT2D eigenvalue weighted by Gasteiger charge is 2.40. The third-order valence-corrected chi connectivity index (χ3v) is 7.05. The fourth-order valence-corrected chi connectivity index (χ4v) is 5.39. The van der Waals surface area contributed by atoms with Gasteiger partial charge in [0.2, 0.25) is 6.79 Å². The Bertz CT molecular complexity index is 1400. The van der Waals surface area contributed by atoms with Crippen molar-refractivity contribution in [1.82, 2.24) is 24.5 Å². The number of benzene rings is 2. The Morgan fingerprint density at radius 3 is 2.50 bits per heavy atom. The molecule has 5 rings (SSSR count). The number of nitrogens with zero attached hydrogens (tertiary/aromatic N) is 5. The minimum Gasteiger partial charge on any atom is -0.462 e. The highest BCUT2D eigenvalue weighted by Crippen LogP contribution is 2.45. The molecule has 0 saturated carbocycles. The minimum absolute atomic E-state index is 0.0602. The van der Waals surface area contributed by atoms with E-state index in [1.54, 1.807) is 41.0 Å². The third-order valence-electron chi connectivity index (χ3n) is 5.47. The molecule has 36 heavy (non-hydrogen) atoms. The number of alkyl halides is 3. The summed E-state index contributed by atoms with van der Waals surface area (Å²) >= 11 is 7.71. The molecule has 0 fully saturated rings. The Labute approximate surface area is 213 Å². The van der Waals surface area contributed by atoms with Gasteiger partial charge < -0.3 is 14.0 Å². The number of aromatic nitrogens is 5. The molecule has 0 N–H and O–H groups in total. The number of ether oxygens (including phenoxy) is 2. The molecule has 7 nitrogen and oxygen atoms in total. The molecule has 0 amide bonds. The van der Waals surface area contributed by atoms with Crippen LogP contribution in [0.25, 0.3) is 17.1 Å². The van der Waals surface area contributed by atoms with Crippen LogP contribution in [0.1, 0.15) is 23.4 Å². The van der Waals surface area contributed by atoms with Gasteiger partial charge in [-0.3, -0.25) is 0 Å². The van der Waals surface area contributed by atoms with Crippen molar-refractivity contribution in [1.29, 1.82) is 0 Å². The quantitative estimate of drug-likeness (QED) is 0.253. The van der Waals surface area contributed by atoms with Crippen LogP contribution in [-0.2, 0) is 22.2 Å². The molecule has 1 aliphatic heterocycles. The average Bonchev–Trinajstić information content (AvgIpc) is 3.62. The van der Waals surface area contributed by atoms with E-state index >= 15 is 0 Å². The van der Waals surface area contributed by atoms with E-state index < -0.39 is 17.1 Å². The van der Waals surface area contributed by atoms with Crippen molar-refractivity contribution in [2.75, 3.05) is 6.79 Å². The lowest BCUT2D eigenvalue weighted by Crippen LogP contribution is -2.15. The van der Waals surface area contributed by atoms with Crippen LogP contribution in [0.2, 0.25) is 5.02 Å². The van der Waals surface area contributed by atoms with E-state index in [2.05, 4.69) is 15.3 Å². The topological polar surface area (TPSA) is 67.0 Å². The zero-order valence-electron chi connectivity index (χ0n) is 18.8. The van der Waals surface area contributed by atoms with E-state index in [0.29, 0.717) is 22.5 Å². The fourth-order valence-electron chi connectivity index (χ4n) is 3.87. The molecule has 3 heterocycles. The summed E-state index contributed by atoms with van der Waals surface area (Å²) in [5.41, 5.74) is -0.0508. The lowest BCUT2D eigenvalue weighted by molar-refractivity contribution is -0.142. The molecule has 1 atom stereocenters. The zero-order chi connectivity index (χ0) is 25.3. The maximum Gasteiger partial charge on any atom is 0.434 e. The van der Waals surface area contributed by atoms with Crippen molar-refractivity contribution in [2.24, 2.45) is 0 Å². The zero-order valence-corrected chi connectivity index (χ0v) is 20.4. The molecule has 0 bridgehead atoms. The Balaban J connectivity index is 1.58. The summed E-state index contributed by atoms with van der Waals surface area (Å²) < 4.78 is 56.1. The van der Waals surface area contributed by atoms with Crippen molar-refractivity contribution in [3.05, 3.63) is 89.1 Å². The van der Waals surface area contributed by atoms with Crippen LogP contribution in [-0.4, -0.2) is 31.3 Å². The lowest BCUT2D eigenvalue weighted by atomic mass is 10.1. The Kier molecular flexibility index (Phi) is 6.67. The standard InChI is InChI=1S/C24H19ClF3N5O2S/c1-2-32-22(17-12-29-33(21(17)24(26,27)28)15-8-4-3-5-9-15)30-31-23(32)36-20(19-13-34-14-35-19)16-10-6-7-11-18(16)25/h3-13,20H,2,14H2,1H3. The molecular formula is C24H19ClF3N5O2S. The molecule has 0 saturated heterocycles. The van der Waals surface area contributed by atoms with Crippen molar-refractivity contribution < 1.29 is 22.6 Å². The van der Waals surface area contributed by atoms with Gasteiger partial charge in [-0.2, -0.15) is 18.3 Å². The van der Waals surface area contributed by atoms with Crippen LogP contribution in [0.15, 0.2) is 78.0 Å². The lowest BCUT2D eigenvalue weighted by Gasteiger charge is -2.18. The van der Waals surface area contributed by atoms with Crippen LogP contribution in [0, 0.1) is 0 Å². The largest absolute Gasteiger partial charge is 0.462 e. The molecule has 0 radical (unpaired) electrons. The van der Waals surface area contributed by atoms with Gasteiger partial charge in [0.05, 0.1) is 22.7 Å². The first-order valence-electron chi connectivity index (χ1n) is 10.9. The molecule has 12 heteroatoms. The maximum absolute atomic E-state index is 14.3. The summed E-state index contributed by atoms with van der Waals surface area (Å²) in [5.74, 6) is 0.582. The molecule has 0 aliphatic carbocycles. The number of hydrogen-bond acceptors (Lipinski definition) is 6. The van der Waals surface area contributed by atoms with Crippen molar-refractivity contribution in [3.63, 3.8) is 0 Å². The Morgan fingerprint density at radius 1 is 1.08 bits per heavy atom. The second-order valence-electron chi connectivity index (χ2n) is 7.67. The molecule has 2 aromatic carbocycles. The maximum atomic E-state index is 14.3. The van der Waals surface area contributed by atoms with E-state index in [-0.39, 0.29) is 23.9 Å². The van der Waals surface area contributed by atoms with Crippen molar-refractivity contribution in [3.8, 4) is 17.1 Å². The number of rotatable bonds is 7. The SMILES string of the molecule is CCn1c(SC(C2=COCO2)c2ccccc2Cl)nnc1-c1cnn(-c2ccccc2)c1C(F)(F)F. The summed E-state index contributed by atoms with van der Waals surface area (Å²) in [6.45, 7) is 2.20. The van der Waals surface area contributed by atoms with Gasteiger partial charge >= 0.3 is 6.18 Å². The predicted octanol–water partition coefficient (Wildman–Crippen LogP) is 6.50. The molecule has 0 spiro atoms.